The highest BCUT2D eigenvalue weighted by atomic mass is 35.5. The molecule has 0 saturated heterocycles. The molecule has 208 valence electrons. The summed E-state index contributed by atoms with van der Waals surface area (Å²) in [7, 11) is -1.22. The van der Waals surface area contributed by atoms with Crippen molar-refractivity contribution in [2.24, 2.45) is 0 Å². The molecule has 1 atom stereocenters. The Labute approximate surface area is 236 Å². The standard InChI is InChI=1S/C27H36Cl2N4O4S/c1-18-13-14-19(2)25(15-18)33(38(36,37)31(4)5)17-26(34)32(16-22-23(28)11-8-12-24(22)29)20(3)27(35)30-21-9-6-7-10-21/h8,11-15,20-21H,6-7,9-10,16-17H2,1-5H3,(H,30,35)/t20-/m0/s1. The van der Waals surface area contributed by atoms with E-state index >= 15 is 0 Å². The van der Waals surface area contributed by atoms with Crippen LogP contribution in [0.25, 0.3) is 0 Å². The van der Waals surface area contributed by atoms with E-state index in [1.165, 1.54) is 19.0 Å². The van der Waals surface area contributed by atoms with Gasteiger partial charge < -0.3 is 10.2 Å². The van der Waals surface area contributed by atoms with Gasteiger partial charge in [-0.25, -0.2) is 4.31 Å². The first-order valence-electron chi connectivity index (χ1n) is 12.6. The van der Waals surface area contributed by atoms with Crippen molar-refractivity contribution in [2.75, 3.05) is 24.9 Å². The third kappa shape index (κ3) is 7.00. The molecule has 1 fully saturated rings. The SMILES string of the molecule is Cc1ccc(C)c(N(CC(=O)N(Cc2c(Cl)cccc2Cl)[C@@H](C)C(=O)NC2CCCC2)S(=O)(=O)N(C)C)c1. The fraction of sp³-hybridized carbons (Fsp3) is 0.481. The Morgan fingerprint density at radius 3 is 2.24 bits per heavy atom. The molecule has 1 saturated carbocycles. The summed E-state index contributed by atoms with van der Waals surface area (Å²) in [5.41, 5.74) is 2.42. The third-order valence-corrected chi connectivity index (χ3v) is 9.43. The molecule has 1 aliphatic carbocycles. The van der Waals surface area contributed by atoms with Crippen LogP contribution in [0.3, 0.4) is 0 Å². The quantitative estimate of drug-likeness (QED) is 0.439. The van der Waals surface area contributed by atoms with Gasteiger partial charge in [0.1, 0.15) is 12.6 Å². The van der Waals surface area contributed by atoms with Gasteiger partial charge in [0.2, 0.25) is 11.8 Å². The number of halogens is 2. The van der Waals surface area contributed by atoms with Crippen LogP contribution in [0.15, 0.2) is 36.4 Å². The first-order chi connectivity index (χ1) is 17.8. The van der Waals surface area contributed by atoms with E-state index in [4.69, 9.17) is 23.2 Å². The molecule has 38 heavy (non-hydrogen) atoms. The first-order valence-corrected chi connectivity index (χ1v) is 14.8. The molecule has 0 unspecified atom stereocenters. The van der Waals surface area contributed by atoms with Crippen LogP contribution in [0.4, 0.5) is 5.69 Å². The Kier molecular flexibility index (Phi) is 10.1. The van der Waals surface area contributed by atoms with Crippen molar-refractivity contribution < 1.29 is 18.0 Å². The highest BCUT2D eigenvalue weighted by Gasteiger charge is 2.34. The number of carbonyl (C=O) groups excluding carboxylic acids is 2. The van der Waals surface area contributed by atoms with E-state index in [1.807, 2.05) is 19.1 Å². The number of carbonyl (C=O) groups is 2. The van der Waals surface area contributed by atoms with Crippen molar-refractivity contribution >= 4 is 50.9 Å². The van der Waals surface area contributed by atoms with Crippen molar-refractivity contribution in [3.63, 3.8) is 0 Å². The fourth-order valence-corrected chi connectivity index (χ4v) is 6.15. The van der Waals surface area contributed by atoms with Crippen molar-refractivity contribution in [1.82, 2.24) is 14.5 Å². The maximum absolute atomic E-state index is 13.9. The van der Waals surface area contributed by atoms with Crippen molar-refractivity contribution in [2.45, 2.75) is 65.1 Å². The summed E-state index contributed by atoms with van der Waals surface area (Å²) >= 11 is 12.8. The van der Waals surface area contributed by atoms with Crippen LogP contribution in [0.5, 0.6) is 0 Å². The van der Waals surface area contributed by atoms with Gasteiger partial charge in [0.25, 0.3) is 0 Å². The highest BCUT2D eigenvalue weighted by molar-refractivity contribution is 7.90. The average molecular weight is 584 g/mol. The van der Waals surface area contributed by atoms with Crippen LogP contribution < -0.4 is 9.62 Å². The Hall–Kier alpha value is -2.33. The monoisotopic (exact) mass is 582 g/mol. The summed E-state index contributed by atoms with van der Waals surface area (Å²) in [4.78, 5) is 28.5. The number of nitrogens with zero attached hydrogens (tertiary/aromatic N) is 3. The summed E-state index contributed by atoms with van der Waals surface area (Å²) in [6.45, 7) is 4.71. The molecule has 2 aromatic carbocycles. The molecule has 11 heteroatoms. The van der Waals surface area contributed by atoms with Crippen molar-refractivity contribution in [3.8, 4) is 0 Å². The molecule has 1 aliphatic rings. The first kappa shape index (κ1) is 30.2. The minimum absolute atomic E-state index is 0.0563. The number of amides is 2. The van der Waals surface area contributed by atoms with Gasteiger partial charge in [-0.3, -0.25) is 9.59 Å². The normalized spacial score (nSPS) is 14.9. The average Bonchev–Trinajstić information content (AvgIpc) is 3.36. The van der Waals surface area contributed by atoms with E-state index in [9.17, 15) is 18.0 Å². The molecule has 0 radical (unpaired) electrons. The maximum atomic E-state index is 13.9. The van der Waals surface area contributed by atoms with Gasteiger partial charge in [-0.05, 0) is 62.9 Å². The van der Waals surface area contributed by atoms with E-state index in [1.54, 1.807) is 38.1 Å². The van der Waals surface area contributed by atoms with Gasteiger partial charge in [0, 0.05) is 42.3 Å². The predicted molar refractivity (Wildman–Crippen MR) is 153 cm³/mol. The zero-order chi connectivity index (χ0) is 28.2. The lowest BCUT2D eigenvalue weighted by Gasteiger charge is -2.34. The van der Waals surface area contributed by atoms with Gasteiger partial charge in [0.15, 0.2) is 0 Å². The summed E-state index contributed by atoms with van der Waals surface area (Å²) in [5.74, 6) is -0.858. The second-order valence-corrected chi connectivity index (χ2v) is 12.9. The second-order valence-electron chi connectivity index (χ2n) is 9.97. The molecular formula is C27H36Cl2N4O4S. The molecule has 2 aromatic rings. The van der Waals surface area contributed by atoms with Gasteiger partial charge in [0.05, 0.1) is 5.69 Å². The van der Waals surface area contributed by atoms with E-state index in [0.29, 0.717) is 26.9 Å². The maximum Gasteiger partial charge on any atom is 0.304 e. The van der Waals surface area contributed by atoms with Crippen LogP contribution in [-0.4, -0.2) is 62.2 Å². The lowest BCUT2D eigenvalue weighted by Crippen LogP contribution is -2.53. The number of anilines is 1. The lowest BCUT2D eigenvalue weighted by molar-refractivity contribution is -0.139. The van der Waals surface area contributed by atoms with Crippen molar-refractivity contribution in [3.05, 3.63) is 63.1 Å². The smallest absolute Gasteiger partial charge is 0.304 e. The summed E-state index contributed by atoms with van der Waals surface area (Å²) in [5, 5.41) is 3.75. The number of hydrogen-bond acceptors (Lipinski definition) is 4. The van der Waals surface area contributed by atoms with Gasteiger partial charge in [-0.1, -0.05) is 54.2 Å². The number of hydrogen-bond donors (Lipinski definition) is 1. The summed E-state index contributed by atoms with van der Waals surface area (Å²) in [6.07, 6.45) is 3.88. The minimum Gasteiger partial charge on any atom is -0.352 e. The van der Waals surface area contributed by atoms with Crippen LogP contribution in [0, 0.1) is 13.8 Å². The Bertz CT molecular complexity index is 1260. The summed E-state index contributed by atoms with van der Waals surface area (Å²) < 4.78 is 29.0. The molecule has 2 amide bonds. The zero-order valence-electron chi connectivity index (χ0n) is 22.5. The van der Waals surface area contributed by atoms with Crippen LogP contribution in [0.1, 0.15) is 49.3 Å². The summed E-state index contributed by atoms with van der Waals surface area (Å²) in [6, 6.07) is 9.61. The van der Waals surface area contributed by atoms with Gasteiger partial charge in [-0.15, -0.1) is 0 Å². The van der Waals surface area contributed by atoms with Crippen LogP contribution in [0.2, 0.25) is 10.0 Å². The van der Waals surface area contributed by atoms with E-state index in [0.717, 1.165) is 39.9 Å². The van der Waals surface area contributed by atoms with Crippen LogP contribution >= 0.6 is 23.2 Å². The molecular weight excluding hydrogens is 547 g/mol. The Morgan fingerprint density at radius 1 is 1.05 bits per heavy atom. The molecule has 8 nitrogen and oxygen atoms in total. The third-order valence-electron chi connectivity index (χ3n) is 6.91. The van der Waals surface area contributed by atoms with E-state index in [2.05, 4.69) is 5.32 Å². The van der Waals surface area contributed by atoms with E-state index in [-0.39, 0.29) is 18.5 Å². The van der Waals surface area contributed by atoms with Crippen molar-refractivity contribution in [1.29, 1.82) is 0 Å². The Balaban J connectivity index is 2.01. The van der Waals surface area contributed by atoms with E-state index < -0.39 is 28.7 Å². The molecule has 0 bridgehead atoms. The van der Waals surface area contributed by atoms with Gasteiger partial charge >= 0.3 is 10.2 Å². The topological polar surface area (TPSA) is 90.0 Å². The second kappa shape index (κ2) is 12.7. The molecule has 0 aliphatic heterocycles. The molecule has 1 N–H and O–H groups in total. The molecule has 3 rings (SSSR count). The number of nitrogens with one attached hydrogen (secondary N) is 1. The predicted octanol–water partition coefficient (Wildman–Crippen LogP) is 4.70. The van der Waals surface area contributed by atoms with Gasteiger partial charge in [-0.2, -0.15) is 12.7 Å². The number of benzene rings is 2. The largest absolute Gasteiger partial charge is 0.352 e. The molecule has 0 aromatic heterocycles. The fourth-order valence-electron chi connectivity index (χ4n) is 4.52. The lowest BCUT2D eigenvalue weighted by atomic mass is 10.1. The van der Waals surface area contributed by atoms with Crippen LogP contribution in [-0.2, 0) is 26.3 Å². The molecule has 0 spiro atoms. The number of rotatable bonds is 10. The minimum atomic E-state index is -4.05. The highest BCUT2D eigenvalue weighted by Crippen LogP contribution is 2.29. The zero-order valence-corrected chi connectivity index (χ0v) is 24.8. The molecule has 0 heterocycles. The number of aryl methyl sites for hydroxylation is 2. The Morgan fingerprint density at radius 2 is 1.66 bits per heavy atom.